The Morgan fingerprint density at radius 1 is 1.35 bits per heavy atom. The molecule has 0 saturated carbocycles. The minimum Gasteiger partial charge on any atom is -0.393 e. The maximum absolute atomic E-state index is 11.0. The van der Waals surface area contributed by atoms with Crippen molar-refractivity contribution in [1.29, 1.82) is 0 Å². The van der Waals surface area contributed by atoms with Crippen LogP contribution in [-0.2, 0) is 6.42 Å². The van der Waals surface area contributed by atoms with Crippen LogP contribution in [0.25, 0.3) is 16.9 Å². The molecule has 3 rings (SSSR count). The molecular formula is C16H14N4O2S. The van der Waals surface area contributed by atoms with Crippen molar-refractivity contribution in [2.24, 2.45) is 5.73 Å². The molecule has 0 radical (unpaired) electrons. The van der Waals surface area contributed by atoms with Crippen LogP contribution in [0.3, 0.4) is 0 Å². The van der Waals surface area contributed by atoms with Gasteiger partial charge < -0.3 is 10.1 Å². The summed E-state index contributed by atoms with van der Waals surface area (Å²) < 4.78 is 1.98. The van der Waals surface area contributed by atoms with Gasteiger partial charge in [0.15, 0.2) is 0 Å². The van der Waals surface area contributed by atoms with Crippen molar-refractivity contribution in [3.63, 3.8) is 0 Å². The number of hydrogen-bond acceptors (Lipinski definition) is 4. The van der Waals surface area contributed by atoms with Gasteiger partial charge in [0.25, 0.3) is 5.69 Å². The summed E-state index contributed by atoms with van der Waals surface area (Å²) in [6.07, 6.45) is 0.374. The van der Waals surface area contributed by atoms with Gasteiger partial charge in [-0.3, -0.25) is 10.1 Å². The van der Waals surface area contributed by atoms with E-state index in [2.05, 4.69) is 4.98 Å². The fourth-order valence-electron chi connectivity index (χ4n) is 2.65. The number of benzene rings is 1. The first-order valence-electron chi connectivity index (χ1n) is 6.97. The number of nitrogens with zero attached hydrogens (tertiary/aromatic N) is 3. The fourth-order valence-corrected chi connectivity index (χ4v) is 2.79. The molecule has 0 fully saturated rings. The molecular weight excluding hydrogens is 312 g/mol. The average molecular weight is 326 g/mol. The smallest absolute Gasteiger partial charge is 0.270 e. The average Bonchev–Trinajstić information content (AvgIpc) is 2.86. The molecule has 0 aliphatic carbocycles. The first-order chi connectivity index (χ1) is 11.0. The quantitative estimate of drug-likeness (QED) is 0.452. The van der Waals surface area contributed by atoms with E-state index in [-0.39, 0.29) is 5.69 Å². The zero-order chi connectivity index (χ0) is 16.6. The monoisotopic (exact) mass is 326 g/mol. The van der Waals surface area contributed by atoms with Crippen LogP contribution in [0.4, 0.5) is 5.69 Å². The van der Waals surface area contributed by atoms with Gasteiger partial charge in [0, 0.05) is 29.8 Å². The summed E-state index contributed by atoms with van der Waals surface area (Å²) in [6, 6.07) is 12.2. The molecule has 1 aromatic carbocycles. The lowest BCUT2D eigenvalue weighted by atomic mass is 10.1. The third-order valence-corrected chi connectivity index (χ3v) is 3.75. The first-order valence-corrected chi connectivity index (χ1v) is 7.38. The summed E-state index contributed by atoms with van der Waals surface area (Å²) >= 11 is 5.06. The fraction of sp³-hybridized carbons (Fsp3) is 0.125. The lowest BCUT2D eigenvalue weighted by Gasteiger charge is -2.07. The van der Waals surface area contributed by atoms with Crippen LogP contribution in [0.2, 0.25) is 0 Å². The summed E-state index contributed by atoms with van der Waals surface area (Å²) in [5, 5.41) is 11.0. The highest BCUT2D eigenvalue weighted by atomic mass is 32.1. The van der Waals surface area contributed by atoms with Gasteiger partial charge in [0.2, 0.25) is 0 Å². The maximum atomic E-state index is 11.0. The number of nitro groups is 1. The van der Waals surface area contributed by atoms with Crippen LogP contribution >= 0.6 is 12.2 Å². The molecule has 0 bridgehead atoms. The lowest BCUT2D eigenvalue weighted by molar-refractivity contribution is -0.384. The van der Waals surface area contributed by atoms with Gasteiger partial charge in [0.05, 0.1) is 21.3 Å². The summed E-state index contributed by atoms with van der Waals surface area (Å²) in [4.78, 5) is 15.6. The number of imidazole rings is 1. The number of aromatic nitrogens is 2. The Labute approximate surface area is 137 Å². The van der Waals surface area contributed by atoms with Gasteiger partial charge >= 0.3 is 0 Å². The molecule has 0 amide bonds. The Bertz CT molecular complexity index is 933. The predicted octanol–water partition coefficient (Wildman–Crippen LogP) is 3.05. The molecule has 0 spiro atoms. The van der Waals surface area contributed by atoms with Gasteiger partial charge in [-0.25, -0.2) is 4.98 Å². The van der Waals surface area contributed by atoms with E-state index in [9.17, 15) is 10.1 Å². The molecule has 0 aliphatic rings. The van der Waals surface area contributed by atoms with Gasteiger partial charge in [-0.05, 0) is 19.1 Å². The van der Waals surface area contributed by atoms with E-state index in [0.717, 1.165) is 17.0 Å². The van der Waals surface area contributed by atoms with Crippen LogP contribution in [-0.4, -0.2) is 19.3 Å². The van der Waals surface area contributed by atoms with Crippen molar-refractivity contribution in [2.45, 2.75) is 13.3 Å². The van der Waals surface area contributed by atoms with Crippen molar-refractivity contribution in [2.75, 3.05) is 0 Å². The molecule has 3 aromatic rings. The molecule has 0 unspecified atom stereocenters. The second kappa shape index (κ2) is 5.77. The van der Waals surface area contributed by atoms with E-state index in [1.807, 2.05) is 29.5 Å². The van der Waals surface area contributed by atoms with Gasteiger partial charge in [-0.2, -0.15) is 0 Å². The number of thiocarbonyl (C=S) groups is 1. The standard InChI is InChI=1S/C16H14N4O2S/c1-10-4-2-7-15-18-16(13(19(10)15)9-14(17)23)11-5-3-6-12(8-11)20(21)22/h2-8H,9H2,1H3,(H2,17,23). The van der Waals surface area contributed by atoms with Crippen LogP contribution in [0, 0.1) is 17.0 Å². The van der Waals surface area contributed by atoms with E-state index in [1.165, 1.54) is 12.1 Å². The third-order valence-electron chi connectivity index (χ3n) is 3.61. The van der Waals surface area contributed by atoms with Gasteiger partial charge in [-0.15, -0.1) is 0 Å². The number of fused-ring (bicyclic) bond motifs is 1. The Morgan fingerprint density at radius 2 is 2.09 bits per heavy atom. The summed E-state index contributed by atoms with van der Waals surface area (Å²) in [5.41, 5.74) is 9.69. The number of pyridine rings is 1. The second-order valence-corrected chi connectivity index (χ2v) is 5.74. The largest absolute Gasteiger partial charge is 0.393 e. The number of rotatable bonds is 4. The molecule has 2 heterocycles. The van der Waals surface area contributed by atoms with Gasteiger partial charge in [-0.1, -0.05) is 30.4 Å². The van der Waals surface area contributed by atoms with Crippen molar-refractivity contribution in [1.82, 2.24) is 9.38 Å². The SMILES string of the molecule is Cc1cccc2nc(-c3cccc([N+](=O)[O-])c3)c(CC(N)=S)n12. The highest BCUT2D eigenvalue weighted by molar-refractivity contribution is 7.80. The van der Waals surface area contributed by atoms with Crippen molar-refractivity contribution < 1.29 is 4.92 Å². The Kier molecular flexibility index (Phi) is 3.79. The molecule has 0 aliphatic heterocycles. The number of aryl methyl sites for hydroxylation is 1. The highest BCUT2D eigenvalue weighted by Crippen LogP contribution is 2.28. The number of nitro benzene ring substituents is 1. The normalized spacial score (nSPS) is 10.8. The molecule has 7 heteroatoms. The van der Waals surface area contributed by atoms with Crippen LogP contribution < -0.4 is 5.73 Å². The van der Waals surface area contributed by atoms with Crippen LogP contribution in [0.15, 0.2) is 42.5 Å². The molecule has 0 saturated heterocycles. The highest BCUT2D eigenvalue weighted by Gasteiger charge is 2.17. The Morgan fingerprint density at radius 3 is 2.78 bits per heavy atom. The van der Waals surface area contributed by atoms with E-state index < -0.39 is 4.92 Å². The van der Waals surface area contributed by atoms with Crippen molar-refractivity contribution in [3.8, 4) is 11.3 Å². The van der Waals surface area contributed by atoms with E-state index in [4.69, 9.17) is 18.0 Å². The third kappa shape index (κ3) is 2.78. The molecule has 6 nitrogen and oxygen atoms in total. The first kappa shape index (κ1) is 15.1. The summed E-state index contributed by atoms with van der Waals surface area (Å²) in [7, 11) is 0. The summed E-state index contributed by atoms with van der Waals surface area (Å²) in [6.45, 7) is 1.97. The summed E-state index contributed by atoms with van der Waals surface area (Å²) in [5.74, 6) is 0. The molecule has 23 heavy (non-hydrogen) atoms. The van der Waals surface area contributed by atoms with Crippen LogP contribution in [0.1, 0.15) is 11.4 Å². The maximum Gasteiger partial charge on any atom is 0.270 e. The number of non-ortho nitro benzene ring substituents is 1. The van der Waals surface area contributed by atoms with Crippen molar-refractivity contribution >= 4 is 28.5 Å². The molecule has 2 N–H and O–H groups in total. The minimum atomic E-state index is -0.419. The van der Waals surface area contributed by atoms with Gasteiger partial charge in [0.1, 0.15) is 5.65 Å². The van der Waals surface area contributed by atoms with Crippen LogP contribution in [0.5, 0.6) is 0 Å². The zero-order valence-electron chi connectivity index (χ0n) is 12.4. The number of hydrogen-bond donors (Lipinski definition) is 1. The Balaban J connectivity index is 2.28. The minimum absolute atomic E-state index is 0.0255. The molecule has 0 atom stereocenters. The zero-order valence-corrected chi connectivity index (χ0v) is 13.2. The molecule has 116 valence electrons. The molecule has 2 aromatic heterocycles. The topological polar surface area (TPSA) is 86.5 Å². The predicted molar refractivity (Wildman–Crippen MR) is 92.5 cm³/mol. The number of nitrogens with two attached hydrogens (primary N) is 1. The Hall–Kier alpha value is -2.80. The lowest BCUT2D eigenvalue weighted by Crippen LogP contribution is -2.13. The second-order valence-electron chi connectivity index (χ2n) is 5.22. The van der Waals surface area contributed by atoms with E-state index >= 15 is 0 Å². The van der Waals surface area contributed by atoms with E-state index in [0.29, 0.717) is 22.7 Å². The van der Waals surface area contributed by atoms with Crippen molar-refractivity contribution in [3.05, 3.63) is 64.0 Å². The van der Waals surface area contributed by atoms with E-state index in [1.54, 1.807) is 12.1 Å².